The molecule has 40 heavy (non-hydrogen) atoms. The molecule has 0 unspecified atom stereocenters. The number of hydrogen-bond donors (Lipinski definition) is 10. The second-order valence-electron chi connectivity index (χ2n) is 9.80. The number of aromatic hydroxyl groups is 3. The van der Waals surface area contributed by atoms with E-state index in [1.165, 1.54) is 24.3 Å². The Balaban J connectivity index is 1.81. The highest BCUT2D eigenvalue weighted by molar-refractivity contribution is 5.92. The molecule has 9 atom stereocenters. The van der Waals surface area contributed by atoms with Crippen LogP contribution in [0, 0.1) is 0 Å². The topological polar surface area (TPSA) is 251 Å². The molecule has 5 rings (SSSR count). The van der Waals surface area contributed by atoms with E-state index in [2.05, 4.69) is 0 Å². The van der Waals surface area contributed by atoms with Crippen LogP contribution in [0.1, 0.15) is 23.3 Å². The third-order valence-corrected chi connectivity index (χ3v) is 7.31. The van der Waals surface area contributed by atoms with Gasteiger partial charge in [-0.15, -0.1) is 0 Å². The Morgan fingerprint density at radius 1 is 0.775 bits per heavy atom. The fourth-order valence-electron chi connectivity index (χ4n) is 5.11. The van der Waals surface area contributed by atoms with Crippen LogP contribution in [0.4, 0.5) is 0 Å². The molecular formula is C26H28O14. The molecule has 2 fully saturated rings. The van der Waals surface area contributed by atoms with Gasteiger partial charge in [0.15, 0.2) is 11.0 Å². The molecule has 0 radical (unpaired) electrons. The zero-order valence-electron chi connectivity index (χ0n) is 20.6. The summed E-state index contributed by atoms with van der Waals surface area (Å²) in [5.74, 6) is -2.00. The molecule has 3 heterocycles. The van der Waals surface area contributed by atoms with Crippen molar-refractivity contribution >= 4 is 11.0 Å². The first kappa shape index (κ1) is 28.2. The van der Waals surface area contributed by atoms with E-state index in [0.29, 0.717) is 5.56 Å². The predicted molar refractivity (Wildman–Crippen MR) is 132 cm³/mol. The van der Waals surface area contributed by atoms with Crippen LogP contribution in [0.5, 0.6) is 17.2 Å². The molecule has 14 nitrogen and oxygen atoms in total. The standard InChI is InChI=1S/C26H28O14/c27-6-13-18(32)21(35)23(37)26(40-13)16-20(34)15(25-22(36)17(31)11(30)7-38-25)19(33)14-10(29)5-12(39-24(14)16)8-1-3-9(28)4-2-8/h1-5,11,13,17-18,21-23,25-28,30-37H,6-7H2/t11-,13-,17+,18-,21-,22+,23+,25+,26-/m0/s1. The largest absolute Gasteiger partial charge is 0.508 e. The molecule has 2 aliphatic heterocycles. The molecule has 0 spiro atoms. The van der Waals surface area contributed by atoms with Gasteiger partial charge in [-0.3, -0.25) is 4.79 Å². The van der Waals surface area contributed by atoms with Crippen molar-refractivity contribution in [2.75, 3.05) is 13.2 Å². The van der Waals surface area contributed by atoms with Crippen molar-refractivity contribution < 1.29 is 65.0 Å². The quantitative estimate of drug-likeness (QED) is 0.169. The molecular weight excluding hydrogens is 536 g/mol. The predicted octanol–water partition coefficient (Wildman–Crippen LogP) is -1.75. The van der Waals surface area contributed by atoms with Gasteiger partial charge in [-0.1, -0.05) is 0 Å². The maximum absolute atomic E-state index is 13.4. The van der Waals surface area contributed by atoms with E-state index in [9.17, 15) is 55.9 Å². The molecule has 0 amide bonds. The number of phenolic OH excluding ortho intramolecular Hbond substituents is 3. The van der Waals surface area contributed by atoms with Crippen molar-refractivity contribution in [1.29, 1.82) is 0 Å². The number of benzene rings is 2. The average Bonchev–Trinajstić information content (AvgIpc) is 2.92. The average molecular weight is 564 g/mol. The number of phenols is 3. The number of aliphatic hydroxyl groups excluding tert-OH is 7. The van der Waals surface area contributed by atoms with Crippen LogP contribution < -0.4 is 5.43 Å². The van der Waals surface area contributed by atoms with Gasteiger partial charge in [-0.05, 0) is 24.3 Å². The zero-order valence-corrected chi connectivity index (χ0v) is 20.6. The molecule has 2 aromatic carbocycles. The molecule has 0 aliphatic carbocycles. The second kappa shape index (κ2) is 10.6. The molecule has 1 aromatic heterocycles. The Morgan fingerprint density at radius 3 is 2.08 bits per heavy atom. The fraction of sp³-hybridized carbons (Fsp3) is 0.423. The van der Waals surface area contributed by atoms with E-state index in [1.807, 2.05) is 0 Å². The van der Waals surface area contributed by atoms with E-state index < -0.39 is 107 Å². The summed E-state index contributed by atoms with van der Waals surface area (Å²) >= 11 is 0. The van der Waals surface area contributed by atoms with Crippen molar-refractivity contribution in [2.24, 2.45) is 0 Å². The lowest BCUT2D eigenvalue weighted by molar-refractivity contribution is -0.231. The van der Waals surface area contributed by atoms with Gasteiger partial charge in [0.05, 0.1) is 24.3 Å². The number of fused-ring (bicyclic) bond motifs is 1. The van der Waals surface area contributed by atoms with E-state index >= 15 is 0 Å². The van der Waals surface area contributed by atoms with Gasteiger partial charge in [0.25, 0.3) is 0 Å². The maximum Gasteiger partial charge on any atom is 0.197 e. The normalized spacial score (nSPS) is 32.8. The number of aliphatic hydroxyl groups is 7. The minimum atomic E-state index is -1.96. The van der Waals surface area contributed by atoms with Crippen LogP contribution in [-0.4, -0.2) is 107 Å². The fourth-order valence-corrected chi connectivity index (χ4v) is 5.11. The van der Waals surface area contributed by atoms with Crippen molar-refractivity contribution in [3.63, 3.8) is 0 Å². The summed E-state index contributed by atoms with van der Waals surface area (Å²) in [6.45, 7) is -1.34. The number of rotatable bonds is 4. The van der Waals surface area contributed by atoms with Gasteiger partial charge >= 0.3 is 0 Å². The van der Waals surface area contributed by atoms with Gasteiger partial charge in [-0.25, -0.2) is 0 Å². The highest BCUT2D eigenvalue weighted by Crippen LogP contribution is 2.50. The summed E-state index contributed by atoms with van der Waals surface area (Å²) in [4.78, 5) is 13.4. The Bertz CT molecular complexity index is 1450. The van der Waals surface area contributed by atoms with Gasteiger partial charge in [0, 0.05) is 11.6 Å². The monoisotopic (exact) mass is 564 g/mol. The van der Waals surface area contributed by atoms with Gasteiger partial charge in [0.1, 0.15) is 83.3 Å². The van der Waals surface area contributed by atoms with Gasteiger partial charge in [-0.2, -0.15) is 0 Å². The SMILES string of the molecule is O=c1cc(-c2ccc(O)cc2)oc2c([C@@H]3O[C@@H](CO)[C@H](O)[C@H](O)[C@H]3O)c(O)c([C@H]3OC[C@H](O)[C@@H](O)[C@H]3O)c(O)c12. The Labute approximate surface area is 224 Å². The molecule has 0 bridgehead atoms. The lowest BCUT2D eigenvalue weighted by Crippen LogP contribution is -2.55. The highest BCUT2D eigenvalue weighted by atomic mass is 16.5. The Kier molecular flexibility index (Phi) is 7.47. The van der Waals surface area contributed by atoms with Crippen LogP contribution in [-0.2, 0) is 9.47 Å². The lowest BCUT2D eigenvalue weighted by Gasteiger charge is -2.41. The van der Waals surface area contributed by atoms with Crippen LogP contribution in [0.3, 0.4) is 0 Å². The van der Waals surface area contributed by atoms with E-state index in [0.717, 1.165) is 6.07 Å². The van der Waals surface area contributed by atoms with Gasteiger partial charge < -0.3 is 65.0 Å². The first-order chi connectivity index (χ1) is 19.0. The molecule has 3 aromatic rings. The first-order valence-electron chi connectivity index (χ1n) is 12.3. The second-order valence-corrected chi connectivity index (χ2v) is 9.80. The van der Waals surface area contributed by atoms with E-state index in [4.69, 9.17) is 13.9 Å². The number of hydrogen-bond acceptors (Lipinski definition) is 14. The maximum atomic E-state index is 13.4. The van der Waals surface area contributed by atoms with Crippen LogP contribution in [0.25, 0.3) is 22.3 Å². The molecule has 10 N–H and O–H groups in total. The van der Waals surface area contributed by atoms with Gasteiger partial charge in [0.2, 0.25) is 0 Å². The number of ether oxygens (including phenoxy) is 2. The van der Waals surface area contributed by atoms with Crippen molar-refractivity contribution in [1.82, 2.24) is 0 Å². The minimum absolute atomic E-state index is 0.0767. The summed E-state index contributed by atoms with van der Waals surface area (Å²) in [6, 6.07) is 6.47. The smallest absolute Gasteiger partial charge is 0.197 e. The van der Waals surface area contributed by atoms with Crippen LogP contribution in [0.2, 0.25) is 0 Å². The summed E-state index contributed by atoms with van der Waals surface area (Å²) in [5, 5.41) is 104. The third-order valence-electron chi connectivity index (χ3n) is 7.31. The van der Waals surface area contributed by atoms with Crippen molar-refractivity contribution in [2.45, 2.75) is 54.9 Å². The molecule has 216 valence electrons. The van der Waals surface area contributed by atoms with E-state index in [1.54, 1.807) is 0 Å². The summed E-state index contributed by atoms with van der Waals surface area (Å²) in [7, 11) is 0. The molecule has 2 aliphatic rings. The highest BCUT2D eigenvalue weighted by Gasteiger charge is 2.48. The van der Waals surface area contributed by atoms with E-state index in [-0.39, 0.29) is 11.5 Å². The van der Waals surface area contributed by atoms with Crippen molar-refractivity contribution in [3.05, 3.63) is 51.7 Å². The minimum Gasteiger partial charge on any atom is -0.508 e. The lowest BCUT2D eigenvalue weighted by atomic mass is 9.85. The summed E-state index contributed by atoms with van der Waals surface area (Å²) < 4.78 is 16.9. The Morgan fingerprint density at radius 2 is 1.43 bits per heavy atom. The zero-order chi connectivity index (χ0) is 29.0. The molecule has 14 heteroatoms. The summed E-state index contributed by atoms with van der Waals surface area (Å²) in [5.41, 5.74) is -2.19. The Hall–Kier alpha value is -3.31. The van der Waals surface area contributed by atoms with Crippen molar-refractivity contribution in [3.8, 4) is 28.6 Å². The molecule has 2 saturated heterocycles. The molecule has 0 saturated carbocycles. The summed E-state index contributed by atoms with van der Waals surface area (Å²) in [6.07, 6.45) is -15.7. The first-order valence-corrected chi connectivity index (χ1v) is 12.3. The third kappa shape index (κ3) is 4.49. The van der Waals surface area contributed by atoms with Crippen LogP contribution in [0.15, 0.2) is 39.5 Å². The van der Waals surface area contributed by atoms with Crippen LogP contribution >= 0.6 is 0 Å².